The van der Waals surface area contributed by atoms with Gasteiger partial charge in [-0.05, 0) is 30.7 Å². The Bertz CT molecular complexity index is 1000. The van der Waals surface area contributed by atoms with Crippen LogP contribution in [0.25, 0.3) is 22.3 Å². The van der Waals surface area contributed by atoms with Gasteiger partial charge in [-0.3, -0.25) is 9.59 Å². The second kappa shape index (κ2) is 7.18. The van der Waals surface area contributed by atoms with Crippen molar-refractivity contribution in [3.05, 3.63) is 52.7 Å². The summed E-state index contributed by atoms with van der Waals surface area (Å²) in [7, 11) is 0. The first-order chi connectivity index (χ1) is 12.4. The molecule has 7 nitrogen and oxygen atoms in total. The third-order valence-corrected chi connectivity index (χ3v) is 3.74. The third kappa shape index (κ3) is 3.77. The molecule has 0 atom stereocenters. The monoisotopic (exact) mass is 356 g/mol. The van der Waals surface area contributed by atoms with E-state index in [1.165, 1.54) is 30.3 Å². The van der Waals surface area contributed by atoms with Gasteiger partial charge < -0.3 is 24.5 Å². The highest BCUT2D eigenvalue weighted by molar-refractivity contribution is 5.86. The normalized spacial score (nSPS) is 10.8. The van der Waals surface area contributed by atoms with Crippen molar-refractivity contribution in [1.82, 2.24) is 0 Å². The van der Waals surface area contributed by atoms with E-state index in [4.69, 9.17) is 14.3 Å². The van der Waals surface area contributed by atoms with Crippen LogP contribution >= 0.6 is 0 Å². The second-order valence-corrected chi connectivity index (χ2v) is 5.68. The number of aliphatic carboxylic acids is 1. The molecule has 1 heterocycles. The lowest BCUT2D eigenvalue weighted by Gasteiger charge is -2.09. The Balaban J connectivity index is 1.95. The van der Waals surface area contributed by atoms with Crippen LogP contribution in [0.3, 0.4) is 0 Å². The van der Waals surface area contributed by atoms with Crippen LogP contribution in [0.1, 0.15) is 12.8 Å². The third-order valence-electron chi connectivity index (χ3n) is 3.74. The summed E-state index contributed by atoms with van der Waals surface area (Å²) in [5.74, 6) is -0.552. The molecule has 0 spiro atoms. The van der Waals surface area contributed by atoms with Crippen LogP contribution in [0.15, 0.2) is 51.7 Å². The van der Waals surface area contributed by atoms with Crippen LogP contribution in [0.4, 0.5) is 0 Å². The van der Waals surface area contributed by atoms with Crippen molar-refractivity contribution in [2.75, 3.05) is 6.61 Å². The van der Waals surface area contributed by atoms with E-state index in [-0.39, 0.29) is 47.0 Å². The summed E-state index contributed by atoms with van der Waals surface area (Å²) in [5, 5.41) is 28.1. The molecule has 0 fully saturated rings. The minimum absolute atomic E-state index is 0.0281. The first-order valence-electron chi connectivity index (χ1n) is 7.89. The van der Waals surface area contributed by atoms with Gasteiger partial charge in [0.05, 0.1) is 6.61 Å². The van der Waals surface area contributed by atoms with Crippen LogP contribution in [0.2, 0.25) is 0 Å². The van der Waals surface area contributed by atoms with Crippen molar-refractivity contribution in [3.8, 4) is 28.6 Å². The van der Waals surface area contributed by atoms with E-state index < -0.39 is 11.4 Å². The molecular weight excluding hydrogens is 340 g/mol. The van der Waals surface area contributed by atoms with Crippen molar-refractivity contribution in [3.63, 3.8) is 0 Å². The maximum absolute atomic E-state index is 12.3. The van der Waals surface area contributed by atoms with Gasteiger partial charge in [0.2, 0.25) is 0 Å². The summed E-state index contributed by atoms with van der Waals surface area (Å²) in [5.41, 5.74) is 0.326. The minimum atomic E-state index is -0.917. The van der Waals surface area contributed by atoms with E-state index in [1.54, 1.807) is 12.1 Å². The molecule has 3 rings (SSSR count). The molecule has 26 heavy (non-hydrogen) atoms. The zero-order valence-electron chi connectivity index (χ0n) is 13.6. The number of carbonyl (C=O) groups is 1. The van der Waals surface area contributed by atoms with E-state index in [1.807, 2.05) is 0 Å². The van der Waals surface area contributed by atoms with E-state index in [2.05, 4.69) is 0 Å². The molecule has 0 amide bonds. The van der Waals surface area contributed by atoms with Gasteiger partial charge >= 0.3 is 5.97 Å². The predicted octanol–water partition coefficient (Wildman–Crippen LogP) is 3.11. The zero-order valence-corrected chi connectivity index (χ0v) is 13.6. The largest absolute Gasteiger partial charge is 0.508 e. The number of ether oxygens (including phenoxy) is 1. The Morgan fingerprint density at radius 3 is 2.50 bits per heavy atom. The minimum Gasteiger partial charge on any atom is -0.508 e. The van der Waals surface area contributed by atoms with Crippen LogP contribution in [-0.4, -0.2) is 27.9 Å². The average molecular weight is 356 g/mol. The summed E-state index contributed by atoms with van der Waals surface area (Å²) in [6, 6.07) is 10.2. The lowest BCUT2D eigenvalue weighted by Crippen LogP contribution is -2.04. The highest BCUT2D eigenvalue weighted by Gasteiger charge is 2.13. The summed E-state index contributed by atoms with van der Waals surface area (Å²) in [6.07, 6.45) is 0.283. The molecule has 0 saturated heterocycles. The number of rotatable bonds is 6. The molecule has 1 aromatic heterocycles. The number of carboxylic acid groups (broad SMARTS) is 1. The Kier molecular flexibility index (Phi) is 4.79. The maximum Gasteiger partial charge on any atom is 0.303 e. The lowest BCUT2D eigenvalue weighted by molar-refractivity contribution is -0.137. The first-order valence-corrected chi connectivity index (χ1v) is 7.89. The summed E-state index contributed by atoms with van der Waals surface area (Å²) < 4.78 is 11.1. The zero-order chi connectivity index (χ0) is 18.7. The number of phenolic OH excluding ortho intramolecular Hbond substituents is 2. The summed E-state index contributed by atoms with van der Waals surface area (Å²) in [4.78, 5) is 22.8. The van der Waals surface area contributed by atoms with Crippen LogP contribution in [0.5, 0.6) is 17.2 Å². The number of aromatic hydroxyl groups is 2. The average Bonchev–Trinajstić information content (AvgIpc) is 2.58. The molecule has 134 valence electrons. The van der Waals surface area contributed by atoms with Crippen LogP contribution in [-0.2, 0) is 4.79 Å². The fourth-order valence-corrected chi connectivity index (χ4v) is 2.51. The predicted molar refractivity (Wildman–Crippen MR) is 93.6 cm³/mol. The van der Waals surface area contributed by atoms with Crippen molar-refractivity contribution in [2.24, 2.45) is 0 Å². The molecule has 3 N–H and O–H groups in total. The molecule has 0 unspecified atom stereocenters. The van der Waals surface area contributed by atoms with Gasteiger partial charge in [-0.1, -0.05) is 0 Å². The molecular formula is C19H16O7. The van der Waals surface area contributed by atoms with E-state index in [9.17, 15) is 19.8 Å². The number of benzene rings is 2. The van der Waals surface area contributed by atoms with Crippen molar-refractivity contribution < 1.29 is 29.3 Å². The molecule has 7 heteroatoms. The van der Waals surface area contributed by atoms with Crippen LogP contribution in [0, 0.1) is 0 Å². The van der Waals surface area contributed by atoms with Gasteiger partial charge in [0.25, 0.3) is 0 Å². The SMILES string of the molecule is O=C(O)CCCOc1cc(O)c2c(=O)cc(-c3ccc(O)cc3)oc2c1. The van der Waals surface area contributed by atoms with E-state index in [0.717, 1.165) is 0 Å². The Morgan fingerprint density at radius 1 is 1.08 bits per heavy atom. The summed E-state index contributed by atoms with van der Waals surface area (Å²) >= 11 is 0. The summed E-state index contributed by atoms with van der Waals surface area (Å²) in [6.45, 7) is 0.152. The molecule has 0 saturated carbocycles. The van der Waals surface area contributed by atoms with Crippen molar-refractivity contribution in [2.45, 2.75) is 12.8 Å². The second-order valence-electron chi connectivity index (χ2n) is 5.68. The fourth-order valence-electron chi connectivity index (χ4n) is 2.51. The topological polar surface area (TPSA) is 117 Å². The highest BCUT2D eigenvalue weighted by atomic mass is 16.5. The maximum atomic E-state index is 12.3. The standard InChI is InChI=1S/C19H16O7/c20-12-5-3-11(4-6-12)16-10-15(22)19-14(21)8-13(9-17(19)26-16)25-7-1-2-18(23)24/h3-6,8-10,20-21H,1-2,7H2,(H,23,24). The number of hydrogen-bond acceptors (Lipinski definition) is 6. The number of hydrogen-bond donors (Lipinski definition) is 3. The van der Waals surface area contributed by atoms with Gasteiger partial charge in [-0.2, -0.15) is 0 Å². The Hall–Kier alpha value is -3.48. The molecule has 0 aliphatic rings. The van der Waals surface area contributed by atoms with Gasteiger partial charge in [-0.25, -0.2) is 0 Å². The number of fused-ring (bicyclic) bond motifs is 1. The van der Waals surface area contributed by atoms with Gasteiger partial charge in [0.15, 0.2) is 5.43 Å². The van der Waals surface area contributed by atoms with Crippen LogP contribution < -0.4 is 10.2 Å². The first kappa shape index (κ1) is 17.3. The van der Waals surface area contributed by atoms with E-state index >= 15 is 0 Å². The van der Waals surface area contributed by atoms with Gasteiger partial charge in [-0.15, -0.1) is 0 Å². The number of phenols is 2. The molecule has 0 aliphatic heterocycles. The van der Waals surface area contributed by atoms with E-state index in [0.29, 0.717) is 12.0 Å². The smallest absolute Gasteiger partial charge is 0.303 e. The lowest BCUT2D eigenvalue weighted by atomic mass is 10.1. The Labute approximate surface area is 147 Å². The molecule has 2 aromatic carbocycles. The Morgan fingerprint density at radius 2 is 1.81 bits per heavy atom. The molecule has 0 aliphatic carbocycles. The molecule has 3 aromatic rings. The highest BCUT2D eigenvalue weighted by Crippen LogP contribution is 2.31. The fraction of sp³-hybridized carbons (Fsp3) is 0.158. The molecule has 0 radical (unpaired) electrons. The number of carboxylic acids is 1. The van der Waals surface area contributed by atoms with Gasteiger partial charge in [0.1, 0.15) is 34.0 Å². The van der Waals surface area contributed by atoms with Crippen molar-refractivity contribution in [1.29, 1.82) is 0 Å². The van der Waals surface area contributed by atoms with Crippen molar-refractivity contribution >= 4 is 16.9 Å². The van der Waals surface area contributed by atoms with Gasteiger partial charge in [0, 0.05) is 30.2 Å². The quantitative estimate of drug-likeness (QED) is 0.581. The molecule has 0 bridgehead atoms.